The zero-order valence-electron chi connectivity index (χ0n) is 13.6. The predicted octanol–water partition coefficient (Wildman–Crippen LogP) is 4.25. The lowest BCUT2D eigenvalue weighted by Crippen LogP contribution is -1.97. The van der Waals surface area contributed by atoms with Crippen molar-refractivity contribution in [3.8, 4) is 32.6 Å². The van der Waals surface area contributed by atoms with Gasteiger partial charge in [0.2, 0.25) is 5.13 Å². The molecule has 0 aliphatic carbocycles. The molecular formula is C19H16N4OS. The SMILES string of the molecule is COc1cccc(-c2nnc(-n3cc(-c4ccccc4)cc3N)s2)c1. The van der Waals surface area contributed by atoms with Gasteiger partial charge >= 0.3 is 0 Å². The van der Waals surface area contributed by atoms with E-state index in [-0.39, 0.29) is 0 Å². The summed E-state index contributed by atoms with van der Waals surface area (Å²) >= 11 is 1.49. The molecule has 0 radical (unpaired) electrons. The van der Waals surface area contributed by atoms with Crippen molar-refractivity contribution in [2.45, 2.75) is 0 Å². The quantitative estimate of drug-likeness (QED) is 0.599. The van der Waals surface area contributed by atoms with Gasteiger partial charge in [0.05, 0.1) is 7.11 Å². The summed E-state index contributed by atoms with van der Waals surface area (Å²) in [6, 6.07) is 19.8. The van der Waals surface area contributed by atoms with Crippen molar-refractivity contribution < 1.29 is 4.74 Å². The highest BCUT2D eigenvalue weighted by molar-refractivity contribution is 7.17. The van der Waals surface area contributed by atoms with Crippen molar-refractivity contribution in [2.75, 3.05) is 12.8 Å². The second-order valence-corrected chi connectivity index (χ2v) is 6.47. The molecule has 0 aliphatic rings. The third-order valence-electron chi connectivity index (χ3n) is 3.89. The molecule has 4 rings (SSSR count). The number of hydrogen-bond acceptors (Lipinski definition) is 5. The summed E-state index contributed by atoms with van der Waals surface area (Å²) in [5.74, 6) is 1.42. The van der Waals surface area contributed by atoms with Crippen LogP contribution in [0, 0.1) is 0 Å². The van der Waals surface area contributed by atoms with Gasteiger partial charge in [-0.25, -0.2) is 0 Å². The Balaban J connectivity index is 1.70. The number of nitrogens with zero attached hydrogens (tertiary/aromatic N) is 3. The highest BCUT2D eigenvalue weighted by Crippen LogP contribution is 2.31. The molecule has 5 nitrogen and oxygen atoms in total. The fourth-order valence-corrected chi connectivity index (χ4v) is 3.46. The first-order valence-corrected chi connectivity index (χ1v) is 8.58. The zero-order valence-corrected chi connectivity index (χ0v) is 14.4. The average Bonchev–Trinajstić information content (AvgIpc) is 3.29. The third kappa shape index (κ3) is 2.99. The van der Waals surface area contributed by atoms with E-state index in [0.29, 0.717) is 5.82 Å². The lowest BCUT2D eigenvalue weighted by atomic mass is 10.1. The normalized spacial score (nSPS) is 10.8. The van der Waals surface area contributed by atoms with E-state index < -0.39 is 0 Å². The standard InChI is InChI=1S/C19H16N4OS/c1-24-16-9-5-8-14(10-16)18-21-22-19(25-18)23-12-15(11-17(23)20)13-6-3-2-4-7-13/h2-12H,20H2,1H3. The predicted molar refractivity (Wildman–Crippen MR) is 101 cm³/mol. The third-order valence-corrected chi connectivity index (χ3v) is 4.87. The fourth-order valence-electron chi connectivity index (χ4n) is 2.62. The molecule has 124 valence electrons. The number of methoxy groups -OCH3 is 1. The molecule has 0 amide bonds. The molecule has 6 heteroatoms. The molecule has 0 atom stereocenters. The monoisotopic (exact) mass is 348 g/mol. The van der Waals surface area contributed by atoms with Gasteiger partial charge in [-0.05, 0) is 23.8 Å². The number of nitrogen functional groups attached to an aromatic ring is 1. The van der Waals surface area contributed by atoms with Crippen LogP contribution in [-0.2, 0) is 0 Å². The number of hydrogen-bond donors (Lipinski definition) is 1. The molecule has 2 N–H and O–H groups in total. The van der Waals surface area contributed by atoms with Crippen molar-refractivity contribution >= 4 is 17.2 Å². The second-order valence-electron chi connectivity index (χ2n) is 5.51. The van der Waals surface area contributed by atoms with E-state index in [9.17, 15) is 0 Å². The van der Waals surface area contributed by atoms with Crippen molar-refractivity contribution in [1.82, 2.24) is 14.8 Å². The van der Waals surface area contributed by atoms with Crippen molar-refractivity contribution in [3.05, 3.63) is 66.9 Å². The summed E-state index contributed by atoms with van der Waals surface area (Å²) in [4.78, 5) is 0. The minimum atomic E-state index is 0.632. The topological polar surface area (TPSA) is 66.0 Å². The molecule has 25 heavy (non-hydrogen) atoms. The number of anilines is 1. The van der Waals surface area contributed by atoms with Gasteiger partial charge in [0.15, 0.2) is 0 Å². The molecule has 0 aliphatic heterocycles. The molecule has 0 fully saturated rings. The highest BCUT2D eigenvalue weighted by Gasteiger charge is 2.13. The number of aromatic nitrogens is 3. The van der Waals surface area contributed by atoms with E-state index in [1.807, 2.05) is 59.3 Å². The van der Waals surface area contributed by atoms with Crippen molar-refractivity contribution in [1.29, 1.82) is 0 Å². The summed E-state index contributed by atoms with van der Waals surface area (Å²) in [5.41, 5.74) is 9.32. The molecule has 0 saturated heterocycles. The lowest BCUT2D eigenvalue weighted by Gasteiger charge is -2.01. The van der Waals surface area contributed by atoms with Gasteiger partial charge in [-0.1, -0.05) is 53.8 Å². The van der Waals surface area contributed by atoms with Crippen LogP contribution in [0.2, 0.25) is 0 Å². The lowest BCUT2D eigenvalue weighted by molar-refractivity contribution is 0.415. The smallest absolute Gasteiger partial charge is 0.218 e. The van der Waals surface area contributed by atoms with Gasteiger partial charge in [0.1, 0.15) is 16.6 Å². The van der Waals surface area contributed by atoms with E-state index in [1.54, 1.807) is 7.11 Å². The Kier molecular flexibility index (Phi) is 3.95. The van der Waals surface area contributed by atoms with Gasteiger partial charge in [-0.2, -0.15) is 0 Å². The van der Waals surface area contributed by atoms with Gasteiger partial charge < -0.3 is 10.5 Å². The molecule has 0 saturated carbocycles. The number of nitrogens with two attached hydrogens (primary N) is 1. The van der Waals surface area contributed by atoms with Crippen LogP contribution in [0.5, 0.6) is 5.75 Å². The van der Waals surface area contributed by atoms with Crippen molar-refractivity contribution in [3.63, 3.8) is 0 Å². The van der Waals surface area contributed by atoms with Crippen LogP contribution >= 0.6 is 11.3 Å². The van der Waals surface area contributed by atoms with E-state index in [2.05, 4.69) is 22.3 Å². The summed E-state index contributed by atoms with van der Waals surface area (Å²) < 4.78 is 7.14. The van der Waals surface area contributed by atoms with Crippen LogP contribution in [0.3, 0.4) is 0 Å². The molecule has 0 unspecified atom stereocenters. The largest absolute Gasteiger partial charge is 0.497 e. The van der Waals surface area contributed by atoms with Crippen LogP contribution in [0.25, 0.3) is 26.8 Å². The van der Waals surface area contributed by atoms with Crippen LogP contribution in [0.1, 0.15) is 0 Å². The summed E-state index contributed by atoms with van der Waals surface area (Å²) in [5, 5.41) is 10.2. The first-order valence-electron chi connectivity index (χ1n) is 7.76. The zero-order chi connectivity index (χ0) is 17.2. The number of rotatable bonds is 4. The minimum Gasteiger partial charge on any atom is -0.497 e. The summed E-state index contributed by atoms with van der Waals surface area (Å²) in [7, 11) is 1.65. The van der Waals surface area contributed by atoms with Crippen LogP contribution in [0.4, 0.5) is 5.82 Å². The number of ether oxygens (including phenoxy) is 1. The molecule has 0 bridgehead atoms. The Bertz CT molecular complexity index is 1010. The summed E-state index contributed by atoms with van der Waals surface area (Å²) in [6.07, 6.45) is 1.99. The molecule has 0 spiro atoms. The first kappa shape index (κ1) is 15.4. The van der Waals surface area contributed by atoms with E-state index in [0.717, 1.165) is 32.6 Å². The fraction of sp³-hybridized carbons (Fsp3) is 0.0526. The maximum Gasteiger partial charge on any atom is 0.218 e. The Hall–Kier alpha value is -3.12. The maximum atomic E-state index is 6.19. The van der Waals surface area contributed by atoms with Crippen LogP contribution in [0.15, 0.2) is 66.9 Å². The number of benzene rings is 2. The minimum absolute atomic E-state index is 0.632. The first-order chi connectivity index (χ1) is 12.2. The Morgan fingerprint density at radius 1 is 0.920 bits per heavy atom. The van der Waals surface area contributed by atoms with Gasteiger partial charge in [0.25, 0.3) is 0 Å². The molecular weight excluding hydrogens is 332 g/mol. The van der Waals surface area contributed by atoms with Gasteiger partial charge in [-0.3, -0.25) is 4.57 Å². The molecule has 2 heterocycles. The van der Waals surface area contributed by atoms with Gasteiger partial charge in [0, 0.05) is 17.3 Å². The van der Waals surface area contributed by atoms with Crippen LogP contribution in [-0.4, -0.2) is 21.9 Å². The van der Waals surface area contributed by atoms with E-state index >= 15 is 0 Å². The Morgan fingerprint density at radius 2 is 1.72 bits per heavy atom. The molecule has 2 aromatic heterocycles. The van der Waals surface area contributed by atoms with Crippen molar-refractivity contribution in [2.24, 2.45) is 0 Å². The second kappa shape index (κ2) is 6.41. The van der Waals surface area contributed by atoms with E-state index in [4.69, 9.17) is 10.5 Å². The van der Waals surface area contributed by atoms with Gasteiger partial charge in [-0.15, -0.1) is 10.2 Å². The molecule has 2 aromatic carbocycles. The maximum absolute atomic E-state index is 6.19. The summed E-state index contributed by atoms with van der Waals surface area (Å²) in [6.45, 7) is 0. The van der Waals surface area contributed by atoms with Crippen LogP contribution < -0.4 is 10.5 Å². The van der Waals surface area contributed by atoms with E-state index in [1.165, 1.54) is 11.3 Å². The Labute approximate surface area is 149 Å². The average molecular weight is 348 g/mol. The highest BCUT2D eigenvalue weighted by atomic mass is 32.1. The molecule has 4 aromatic rings. The Morgan fingerprint density at radius 3 is 2.52 bits per heavy atom.